The smallest absolute Gasteiger partial charge is 0.382 e. The van der Waals surface area contributed by atoms with Gasteiger partial charge in [0.25, 0.3) is 0 Å². The standard InChI is InChI=1S/C29H62O8Si/c1-30-27-28-37-26-19-25-36-22-16-12-11-15-21-35-24-18-23-34-20-14-10-8-6-5-7-9-13-17-29-38(31-2,32-3)33-4/h5-29H2,1-4H3. The van der Waals surface area contributed by atoms with Crippen molar-refractivity contribution < 1.29 is 37.0 Å². The van der Waals surface area contributed by atoms with E-state index in [9.17, 15) is 0 Å². The predicted molar refractivity (Wildman–Crippen MR) is 156 cm³/mol. The minimum Gasteiger partial charge on any atom is -0.382 e. The Morgan fingerprint density at radius 1 is 0.316 bits per heavy atom. The molecule has 0 heterocycles. The highest BCUT2D eigenvalue weighted by Gasteiger charge is 2.36. The van der Waals surface area contributed by atoms with E-state index in [2.05, 4.69) is 0 Å². The van der Waals surface area contributed by atoms with Gasteiger partial charge in [-0.15, -0.1) is 0 Å². The van der Waals surface area contributed by atoms with Crippen LogP contribution in [-0.2, 0) is 37.0 Å². The largest absolute Gasteiger partial charge is 0.500 e. The van der Waals surface area contributed by atoms with Gasteiger partial charge >= 0.3 is 8.80 Å². The van der Waals surface area contributed by atoms with Crippen LogP contribution in [0.3, 0.4) is 0 Å². The van der Waals surface area contributed by atoms with Crippen LogP contribution in [0.5, 0.6) is 0 Å². The first-order valence-corrected chi connectivity index (χ1v) is 17.1. The lowest BCUT2D eigenvalue weighted by Gasteiger charge is -2.24. The molecule has 0 saturated heterocycles. The van der Waals surface area contributed by atoms with Crippen molar-refractivity contribution in [3.63, 3.8) is 0 Å². The van der Waals surface area contributed by atoms with E-state index >= 15 is 0 Å². The van der Waals surface area contributed by atoms with E-state index in [4.69, 9.17) is 37.0 Å². The number of rotatable bonds is 33. The number of hydrogen-bond acceptors (Lipinski definition) is 8. The lowest BCUT2D eigenvalue weighted by atomic mass is 10.1. The van der Waals surface area contributed by atoms with Crippen molar-refractivity contribution in [2.24, 2.45) is 0 Å². The Balaban J connectivity index is 3.13. The highest BCUT2D eigenvalue weighted by Crippen LogP contribution is 2.18. The Morgan fingerprint density at radius 3 is 1.00 bits per heavy atom. The fourth-order valence-corrected chi connectivity index (χ4v) is 5.97. The Hall–Kier alpha value is -0.103. The zero-order chi connectivity index (χ0) is 27.8. The highest BCUT2D eigenvalue weighted by atomic mass is 28.4. The molecule has 0 aliphatic heterocycles. The summed E-state index contributed by atoms with van der Waals surface area (Å²) < 4.78 is 43.9. The Kier molecular flexibility index (Phi) is 31.3. The second-order valence-electron chi connectivity index (χ2n) is 9.79. The Morgan fingerprint density at radius 2 is 0.632 bits per heavy atom. The predicted octanol–water partition coefficient (Wildman–Crippen LogP) is 6.43. The normalized spacial score (nSPS) is 12.0. The summed E-state index contributed by atoms with van der Waals surface area (Å²) in [6.45, 7) is 7.06. The second-order valence-corrected chi connectivity index (χ2v) is 12.9. The van der Waals surface area contributed by atoms with Gasteiger partial charge in [0, 0.05) is 80.7 Å². The third kappa shape index (κ3) is 26.1. The second kappa shape index (κ2) is 31.4. The molecule has 9 heteroatoms. The lowest BCUT2D eigenvalue weighted by Crippen LogP contribution is -2.42. The Labute approximate surface area is 236 Å². The zero-order valence-corrected chi connectivity index (χ0v) is 26.4. The van der Waals surface area contributed by atoms with Crippen molar-refractivity contribution in [3.8, 4) is 0 Å². The van der Waals surface area contributed by atoms with Gasteiger partial charge < -0.3 is 37.0 Å². The number of methoxy groups -OCH3 is 1. The molecule has 0 aromatic carbocycles. The molecule has 38 heavy (non-hydrogen) atoms. The molecule has 0 saturated carbocycles. The van der Waals surface area contributed by atoms with E-state index in [1.807, 2.05) is 0 Å². The highest BCUT2D eigenvalue weighted by molar-refractivity contribution is 6.60. The third-order valence-corrected chi connectivity index (χ3v) is 9.45. The van der Waals surface area contributed by atoms with Gasteiger partial charge in [0.1, 0.15) is 0 Å². The number of hydrogen-bond donors (Lipinski definition) is 0. The molecule has 0 radical (unpaired) electrons. The van der Waals surface area contributed by atoms with Crippen molar-refractivity contribution >= 4 is 8.80 Å². The van der Waals surface area contributed by atoms with Crippen LogP contribution in [0, 0.1) is 0 Å². The molecule has 230 valence electrons. The monoisotopic (exact) mass is 566 g/mol. The van der Waals surface area contributed by atoms with E-state index in [-0.39, 0.29) is 0 Å². The van der Waals surface area contributed by atoms with E-state index in [0.717, 1.165) is 84.4 Å². The number of unbranched alkanes of at least 4 members (excludes halogenated alkanes) is 11. The van der Waals surface area contributed by atoms with Crippen LogP contribution in [0.4, 0.5) is 0 Å². The van der Waals surface area contributed by atoms with Crippen molar-refractivity contribution in [2.75, 3.05) is 87.9 Å². The topological polar surface area (TPSA) is 73.8 Å². The number of ether oxygens (including phenoxy) is 5. The van der Waals surface area contributed by atoms with Gasteiger partial charge in [-0.2, -0.15) is 0 Å². The molecule has 0 amide bonds. The van der Waals surface area contributed by atoms with Gasteiger partial charge in [0.05, 0.1) is 13.2 Å². The minimum absolute atomic E-state index is 0.658. The first-order chi connectivity index (χ1) is 18.7. The van der Waals surface area contributed by atoms with Gasteiger partial charge in [-0.1, -0.05) is 57.8 Å². The van der Waals surface area contributed by atoms with Gasteiger partial charge in [0.2, 0.25) is 0 Å². The molecule has 0 aliphatic carbocycles. The van der Waals surface area contributed by atoms with Crippen molar-refractivity contribution in [1.82, 2.24) is 0 Å². The molecular weight excluding hydrogens is 504 g/mol. The van der Waals surface area contributed by atoms with Crippen molar-refractivity contribution in [2.45, 2.75) is 102 Å². The Bertz CT molecular complexity index is 433. The summed E-state index contributed by atoms with van der Waals surface area (Å²) in [6.07, 6.45) is 18.0. The zero-order valence-electron chi connectivity index (χ0n) is 25.4. The third-order valence-electron chi connectivity index (χ3n) is 6.62. The summed E-state index contributed by atoms with van der Waals surface area (Å²) in [5.74, 6) is 0. The maximum absolute atomic E-state index is 5.75. The van der Waals surface area contributed by atoms with Crippen LogP contribution >= 0.6 is 0 Å². The molecule has 0 atom stereocenters. The van der Waals surface area contributed by atoms with E-state index in [1.165, 1.54) is 64.2 Å². The molecule has 0 fully saturated rings. The molecule has 0 unspecified atom stereocenters. The summed E-state index contributed by atoms with van der Waals surface area (Å²) in [5, 5.41) is 0. The fourth-order valence-electron chi connectivity index (χ4n) is 4.18. The van der Waals surface area contributed by atoms with E-state index in [1.54, 1.807) is 28.4 Å². The molecule has 0 bridgehead atoms. The van der Waals surface area contributed by atoms with Crippen LogP contribution in [0.25, 0.3) is 0 Å². The minimum atomic E-state index is -2.37. The van der Waals surface area contributed by atoms with Crippen LogP contribution in [0.15, 0.2) is 0 Å². The van der Waals surface area contributed by atoms with E-state index < -0.39 is 8.80 Å². The SMILES string of the molecule is COCCOCCCOCCCCCCOCCCOCCCCCCCCCCC[Si](OC)(OC)OC. The molecule has 0 rings (SSSR count). The molecule has 8 nitrogen and oxygen atoms in total. The van der Waals surface area contributed by atoms with Crippen LogP contribution < -0.4 is 0 Å². The quantitative estimate of drug-likeness (QED) is 0.0665. The first kappa shape index (κ1) is 37.9. The summed E-state index contributed by atoms with van der Waals surface area (Å²) in [6, 6.07) is 0.910. The molecule has 0 aliphatic rings. The average Bonchev–Trinajstić information content (AvgIpc) is 2.94. The maximum atomic E-state index is 5.75. The summed E-state index contributed by atoms with van der Waals surface area (Å²) in [5.41, 5.74) is 0. The van der Waals surface area contributed by atoms with Gasteiger partial charge in [-0.05, 0) is 38.5 Å². The fraction of sp³-hybridized carbons (Fsp3) is 1.00. The average molecular weight is 567 g/mol. The van der Waals surface area contributed by atoms with Crippen LogP contribution in [0.1, 0.15) is 96.3 Å². The molecule has 0 N–H and O–H groups in total. The van der Waals surface area contributed by atoms with Gasteiger partial charge in [-0.3, -0.25) is 0 Å². The van der Waals surface area contributed by atoms with Crippen LogP contribution in [-0.4, -0.2) is 96.7 Å². The van der Waals surface area contributed by atoms with Crippen molar-refractivity contribution in [1.29, 1.82) is 0 Å². The summed E-state index contributed by atoms with van der Waals surface area (Å²) in [7, 11) is 4.38. The molecule has 0 spiro atoms. The van der Waals surface area contributed by atoms with Crippen LogP contribution in [0.2, 0.25) is 6.04 Å². The summed E-state index contributed by atoms with van der Waals surface area (Å²) in [4.78, 5) is 0. The maximum Gasteiger partial charge on any atom is 0.500 e. The first-order valence-electron chi connectivity index (χ1n) is 15.2. The summed E-state index contributed by atoms with van der Waals surface area (Å²) >= 11 is 0. The van der Waals surface area contributed by atoms with E-state index in [0.29, 0.717) is 13.2 Å². The molecule has 0 aromatic heterocycles. The molecular formula is C29H62O8Si. The van der Waals surface area contributed by atoms with Gasteiger partial charge in [-0.25, -0.2) is 0 Å². The van der Waals surface area contributed by atoms with Gasteiger partial charge in [0.15, 0.2) is 0 Å². The lowest BCUT2D eigenvalue weighted by molar-refractivity contribution is 0.0506. The van der Waals surface area contributed by atoms with Crippen molar-refractivity contribution in [3.05, 3.63) is 0 Å². The molecule has 0 aromatic rings.